The van der Waals surface area contributed by atoms with Crippen molar-refractivity contribution in [1.82, 2.24) is 4.57 Å². The van der Waals surface area contributed by atoms with Gasteiger partial charge in [-0.25, -0.2) is 0 Å². The van der Waals surface area contributed by atoms with Gasteiger partial charge in [0, 0.05) is 41.1 Å². The number of aromatic nitrogens is 1. The Labute approximate surface area is 168 Å². The van der Waals surface area contributed by atoms with Gasteiger partial charge in [0.25, 0.3) is 0 Å². The fourth-order valence-corrected chi connectivity index (χ4v) is 5.79. The van der Waals surface area contributed by atoms with Crippen LogP contribution in [0.1, 0.15) is 0 Å². The predicted molar refractivity (Wildman–Crippen MR) is 121 cm³/mol. The van der Waals surface area contributed by atoms with E-state index in [-0.39, 0.29) is 0 Å². The Hall–Kier alpha value is -2.62. The molecule has 0 spiro atoms. The molecule has 0 saturated carbocycles. The summed E-state index contributed by atoms with van der Waals surface area (Å²) < 4.78 is 6.19. The van der Waals surface area contributed by atoms with Crippen LogP contribution in [0.15, 0.2) is 89.4 Å². The molecule has 6 rings (SSSR count). The second-order valence-corrected chi connectivity index (χ2v) is 8.71. The zero-order valence-corrected chi connectivity index (χ0v) is 16.7. The Kier molecular flexibility index (Phi) is 3.25. The predicted octanol–water partition coefficient (Wildman–Crippen LogP) is 7.91. The van der Waals surface area contributed by atoms with Gasteiger partial charge in [0.1, 0.15) is 0 Å². The molecule has 4 aromatic carbocycles. The van der Waals surface area contributed by atoms with Gasteiger partial charge in [-0.1, -0.05) is 58.4 Å². The van der Waals surface area contributed by atoms with Crippen molar-refractivity contribution in [2.24, 2.45) is 0 Å². The standard InChI is InChI=1S/C24H14BrNS/c25-19-10-6-11-20-24(19)18-13-17-16-9-4-5-12-22(16)27-23(17)14-21(18)26(20)15-7-2-1-3-8-15/h1-14H. The molecule has 6 aromatic rings. The van der Waals surface area contributed by atoms with Crippen molar-refractivity contribution in [3.05, 3.63) is 89.4 Å². The number of thiophene rings is 1. The van der Waals surface area contributed by atoms with E-state index in [9.17, 15) is 0 Å². The molecule has 128 valence electrons. The number of benzene rings is 4. The van der Waals surface area contributed by atoms with Crippen molar-refractivity contribution in [1.29, 1.82) is 0 Å². The first-order chi connectivity index (χ1) is 13.3. The lowest BCUT2D eigenvalue weighted by atomic mass is 10.1. The Morgan fingerprint density at radius 3 is 2.33 bits per heavy atom. The van der Waals surface area contributed by atoms with E-state index in [1.807, 2.05) is 11.3 Å². The number of halogens is 1. The first kappa shape index (κ1) is 15.4. The second kappa shape index (κ2) is 5.69. The summed E-state index contributed by atoms with van der Waals surface area (Å²) in [5, 5.41) is 5.24. The van der Waals surface area contributed by atoms with E-state index in [1.54, 1.807) is 0 Å². The number of hydrogen-bond acceptors (Lipinski definition) is 1. The lowest BCUT2D eigenvalue weighted by Crippen LogP contribution is -1.92. The van der Waals surface area contributed by atoms with Crippen LogP contribution in [0.3, 0.4) is 0 Å². The lowest BCUT2D eigenvalue weighted by molar-refractivity contribution is 1.18. The van der Waals surface area contributed by atoms with E-state index in [1.165, 1.54) is 47.7 Å². The topological polar surface area (TPSA) is 4.93 Å². The molecule has 0 saturated heterocycles. The molecular weight excluding hydrogens is 414 g/mol. The van der Waals surface area contributed by atoms with E-state index in [0.29, 0.717) is 0 Å². The van der Waals surface area contributed by atoms with Crippen molar-refractivity contribution in [2.75, 3.05) is 0 Å². The van der Waals surface area contributed by atoms with Crippen LogP contribution < -0.4 is 0 Å². The average Bonchev–Trinajstić information content (AvgIpc) is 3.22. The third-order valence-electron chi connectivity index (χ3n) is 5.25. The fourth-order valence-electron chi connectivity index (χ4n) is 4.10. The van der Waals surface area contributed by atoms with Crippen LogP contribution in [-0.2, 0) is 0 Å². The average molecular weight is 428 g/mol. The molecule has 1 nitrogen and oxygen atoms in total. The number of fused-ring (bicyclic) bond motifs is 6. The Balaban J connectivity index is 1.87. The van der Waals surface area contributed by atoms with Gasteiger partial charge in [-0.15, -0.1) is 11.3 Å². The van der Waals surface area contributed by atoms with Crippen molar-refractivity contribution < 1.29 is 0 Å². The van der Waals surface area contributed by atoms with Gasteiger partial charge in [0.05, 0.1) is 11.0 Å². The quantitative estimate of drug-likeness (QED) is 0.251. The van der Waals surface area contributed by atoms with Crippen molar-refractivity contribution >= 4 is 69.2 Å². The summed E-state index contributed by atoms with van der Waals surface area (Å²) >= 11 is 5.67. The molecule has 3 heteroatoms. The normalized spacial score (nSPS) is 11.9. The first-order valence-electron chi connectivity index (χ1n) is 8.90. The molecule has 2 heterocycles. The summed E-state index contributed by atoms with van der Waals surface area (Å²) in [7, 11) is 0. The maximum atomic E-state index is 3.80. The first-order valence-corrected chi connectivity index (χ1v) is 10.5. The summed E-state index contributed by atoms with van der Waals surface area (Å²) in [5.41, 5.74) is 3.67. The van der Waals surface area contributed by atoms with E-state index in [4.69, 9.17) is 0 Å². The second-order valence-electron chi connectivity index (χ2n) is 6.77. The zero-order chi connectivity index (χ0) is 18.0. The highest BCUT2D eigenvalue weighted by atomic mass is 79.9. The van der Waals surface area contributed by atoms with Gasteiger partial charge in [0.2, 0.25) is 0 Å². The maximum absolute atomic E-state index is 3.80. The SMILES string of the molecule is Brc1cccc2c1c1cc3c(cc1n2-c1ccccc1)sc1ccccc13. The van der Waals surface area contributed by atoms with Gasteiger partial charge >= 0.3 is 0 Å². The van der Waals surface area contributed by atoms with Crippen LogP contribution >= 0.6 is 27.3 Å². The molecule has 0 aliphatic carbocycles. The fraction of sp³-hybridized carbons (Fsp3) is 0. The van der Waals surface area contributed by atoms with Gasteiger partial charge in [-0.3, -0.25) is 0 Å². The molecule has 2 aromatic heterocycles. The van der Waals surface area contributed by atoms with Crippen molar-refractivity contribution in [2.45, 2.75) is 0 Å². The minimum Gasteiger partial charge on any atom is -0.309 e. The summed E-state index contributed by atoms with van der Waals surface area (Å²) in [6, 6.07) is 30.5. The van der Waals surface area contributed by atoms with Crippen LogP contribution in [0.4, 0.5) is 0 Å². The molecule has 0 atom stereocenters. The molecule has 0 amide bonds. The highest BCUT2D eigenvalue weighted by molar-refractivity contribution is 9.10. The Morgan fingerprint density at radius 2 is 1.44 bits per heavy atom. The Bertz CT molecular complexity index is 1470. The molecule has 0 radical (unpaired) electrons. The largest absolute Gasteiger partial charge is 0.309 e. The maximum Gasteiger partial charge on any atom is 0.0555 e. The number of rotatable bonds is 1. The van der Waals surface area contributed by atoms with E-state index < -0.39 is 0 Å². The molecule has 0 N–H and O–H groups in total. The molecule has 0 aliphatic heterocycles. The van der Waals surface area contributed by atoms with Crippen LogP contribution in [0, 0.1) is 0 Å². The number of nitrogens with zero attached hydrogens (tertiary/aromatic N) is 1. The minimum atomic E-state index is 1.14. The minimum absolute atomic E-state index is 1.14. The highest BCUT2D eigenvalue weighted by Crippen LogP contribution is 2.42. The monoisotopic (exact) mass is 427 g/mol. The summed E-state index contributed by atoms with van der Waals surface area (Å²) in [6.07, 6.45) is 0. The summed E-state index contributed by atoms with van der Waals surface area (Å²) in [6.45, 7) is 0. The molecular formula is C24H14BrNS. The van der Waals surface area contributed by atoms with Crippen molar-refractivity contribution in [3.63, 3.8) is 0 Å². The smallest absolute Gasteiger partial charge is 0.0555 e. The van der Waals surface area contributed by atoms with Crippen LogP contribution in [0.2, 0.25) is 0 Å². The summed E-state index contributed by atoms with van der Waals surface area (Å²) in [4.78, 5) is 0. The number of para-hydroxylation sites is 1. The molecule has 0 bridgehead atoms. The van der Waals surface area contributed by atoms with Crippen LogP contribution in [-0.4, -0.2) is 4.57 Å². The molecule has 0 unspecified atom stereocenters. The van der Waals surface area contributed by atoms with Crippen LogP contribution in [0.25, 0.3) is 47.7 Å². The van der Waals surface area contributed by atoms with E-state index in [0.717, 1.165) is 4.47 Å². The van der Waals surface area contributed by atoms with Gasteiger partial charge in [-0.05, 0) is 42.5 Å². The zero-order valence-electron chi connectivity index (χ0n) is 14.3. The number of hydrogen-bond donors (Lipinski definition) is 0. The molecule has 0 fully saturated rings. The third-order valence-corrected chi connectivity index (χ3v) is 7.05. The van der Waals surface area contributed by atoms with Crippen molar-refractivity contribution in [3.8, 4) is 5.69 Å². The molecule has 27 heavy (non-hydrogen) atoms. The van der Waals surface area contributed by atoms with E-state index >= 15 is 0 Å². The van der Waals surface area contributed by atoms with Gasteiger partial charge < -0.3 is 4.57 Å². The summed E-state index contributed by atoms with van der Waals surface area (Å²) in [5.74, 6) is 0. The van der Waals surface area contributed by atoms with E-state index in [2.05, 4.69) is 105 Å². The van der Waals surface area contributed by atoms with Gasteiger partial charge in [-0.2, -0.15) is 0 Å². The third kappa shape index (κ3) is 2.16. The van der Waals surface area contributed by atoms with Gasteiger partial charge in [0.15, 0.2) is 0 Å². The highest BCUT2D eigenvalue weighted by Gasteiger charge is 2.16. The Morgan fingerprint density at radius 1 is 0.630 bits per heavy atom. The van der Waals surface area contributed by atoms with Crippen LogP contribution in [0.5, 0.6) is 0 Å². The molecule has 0 aliphatic rings. The lowest BCUT2D eigenvalue weighted by Gasteiger charge is -2.07.